The Morgan fingerprint density at radius 3 is 2.55 bits per heavy atom. The van der Waals surface area contributed by atoms with Crippen LogP contribution in [0.2, 0.25) is 0 Å². The second kappa shape index (κ2) is 11.4. The van der Waals surface area contributed by atoms with Gasteiger partial charge in [0.1, 0.15) is 5.82 Å². The maximum atomic E-state index is 12.8. The van der Waals surface area contributed by atoms with Crippen molar-refractivity contribution in [1.82, 2.24) is 20.1 Å². The van der Waals surface area contributed by atoms with Crippen molar-refractivity contribution >= 4 is 17.6 Å². The fourth-order valence-corrected chi connectivity index (χ4v) is 5.56. The number of hydrogen-bond donors (Lipinski definition) is 2. The first-order chi connectivity index (χ1) is 16.0. The van der Waals surface area contributed by atoms with Crippen LogP contribution in [0.15, 0.2) is 18.3 Å². The van der Waals surface area contributed by atoms with Crippen molar-refractivity contribution in [1.29, 1.82) is 0 Å². The number of nitrogens with zero attached hydrogens (tertiary/aromatic N) is 3. The van der Waals surface area contributed by atoms with E-state index in [4.69, 9.17) is 4.74 Å². The standard InChI is InChI=1S/C25H39N5O3/c1-20-5-10-26-22(17-20)28-24(32)21-6-11-29(12-7-21)18-23(31)27-19-25(8-3-2-4-9-25)30-13-15-33-16-14-30/h5,10,17,21H,2-4,6-9,11-16,18-19H2,1H3,(H,27,31)(H,26,28,32). The van der Waals surface area contributed by atoms with E-state index < -0.39 is 0 Å². The van der Waals surface area contributed by atoms with Gasteiger partial charge in [-0.25, -0.2) is 4.98 Å². The van der Waals surface area contributed by atoms with Crippen molar-refractivity contribution < 1.29 is 14.3 Å². The van der Waals surface area contributed by atoms with Crippen LogP contribution in [0.1, 0.15) is 50.5 Å². The molecule has 1 aromatic rings. The first kappa shape index (κ1) is 24.1. The molecule has 0 spiro atoms. The van der Waals surface area contributed by atoms with Gasteiger partial charge in [0.25, 0.3) is 0 Å². The highest BCUT2D eigenvalue weighted by molar-refractivity contribution is 5.91. The van der Waals surface area contributed by atoms with E-state index in [0.29, 0.717) is 12.4 Å². The van der Waals surface area contributed by atoms with E-state index in [2.05, 4.69) is 25.4 Å². The molecule has 0 unspecified atom stereocenters. The van der Waals surface area contributed by atoms with E-state index >= 15 is 0 Å². The number of pyridine rings is 1. The summed E-state index contributed by atoms with van der Waals surface area (Å²) in [6.45, 7) is 8.16. The van der Waals surface area contributed by atoms with Crippen LogP contribution in [0.5, 0.6) is 0 Å². The molecule has 1 saturated carbocycles. The molecule has 4 rings (SSSR count). The molecule has 3 fully saturated rings. The van der Waals surface area contributed by atoms with Gasteiger partial charge in [0.2, 0.25) is 11.8 Å². The zero-order valence-electron chi connectivity index (χ0n) is 20.0. The number of likely N-dealkylation sites (tertiary alicyclic amines) is 1. The number of aromatic nitrogens is 1. The Hall–Kier alpha value is -2.03. The lowest BCUT2D eigenvalue weighted by Gasteiger charge is -2.48. The molecule has 3 aliphatic rings. The highest BCUT2D eigenvalue weighted by Crippen LogP contribution is 2.34. The van der Waals surface area contributed by atoms with Crippen molar-refractivity contribution in [2.75, 3.05) is 57.8 Å². The molecule has 2 saturated heterocycles. The number of ether oxygens (including phenoxy) is 1. The quantitative estimate of drug-likeness (QED) is 0.653. The molecule has 0 aromatic carbocycles. The summed E-state index contributed by atoms with van der Waals surface area (Å²) in [5.41, 5.74) is 1.16. The summed E-state index contributed by atoms with van der Waals surface area (Å²) in [4.78, 5) is 34.3. The van der Waals surface area contributed by atoms with Crippen LogP contribution < -0.4 is 10.6 Å². The fourth-order valence-electron chi connectivity index (χ4n) is 5.56. The molecular weight excluding hydrogens is 418 g/mol. The zero-order chi connectivity index (χ0) is 23.1. The lowest BCUT2D eigenvalue weighted by Crippen LogP contribution is -2.60. The smallest absolute Gasteiger partial charge is 0.234 e. The van der Waals surface area contributed by atoms with Gasteiger partial charge in [0.05, 0.1) is 19.8 Å². The van der Waals surface area contributed by atoms with Crippen molar-refractivity contribution in [3.8, 4) is 0 Å². The Balaban J connectivity index is 1.21. The van der Waals surface area contributed by atoms with Gasteiger partial charge >= 0.3 is 0 Å². The fraction of sp³-hybridized carbons (Fsp3) is 0.720. The van der Waals surface area contributed by atoms with Crippen LogP contribution in [-0.2, 0) is 14.3 Å². The normalized spacial score (nSPS) is 22.6. The highest BCUT2D eigenvalue weighted by atomic mass is 16.5. The minimum atomic E-state index is -0.0292. The summed E-state index contributed by atoms with van der Waals surface area (Å²) < 4.78 is 5.56. The van der Waals surface area contributed by atoms with Crippen molar-refractivity contribution in [3.05, 3.63) is 23.9 Å². The molecule has 0 radical (unpaired) electrons. The average Bonchev–Trinajstić information content (AvgIpc) is 2.84. The Morgan fingerprint density at radius 2 is 1.85 bits per heavy atom. The largest absolute Gasteiger partial charge is 0.379 e. The van der Waals surface area contributed by atoms with Crippen LogP contribution >= 0.6 is 0 Å². The predicted molar refractivity (Wildman–Crippen MR) is 128 cm³/mol. The molecule has 0 atom stereocenters. The minimum absolute atomic E-state index is 0.0292. The van der Waals surface area contributed by atoms with Gasteiger partial charge in [0.15, 0.2) is 0 Å². The first-order valence-electron chi connectivity index (χ1n) is 12.6. The molecule has 1 aliphatic carbocycles. The molecule has 33 heavy (non-hydrogen) atoms. The summed E-state index contributed by atoms with van der Waals surface area (Å²) in [6.07, 6.45) is 9.32. The van der Waals surface area contributed by atoms with Crippen LogP contribution in [0.4, 0.5) is 5.82 Å². The predicted octanol–water partition coefficient (Wildman–Crippen LogP) is 2.19. The van der Waals surface area contributed by atoms with Gasteiger partial charge in [-0.15, -0.1) is 0 Å². The van der Waals surface area contributed by atoms with Gasteiger partial charge in [-0.05, 0) is 63.4 Å². The second-order valence-corrected chi connectivity index (χ2v) is 9.92. The van der Waals surface area contributed by atoms with Crippen molar-refractivity contribution in [2.24, 2.45) is 5.92 Å². The van der Waals surface area contributed by atoms with Crippen LogP contribution in [0.25, 0.3) is 0 Å². The molecule has 2 N–H and O–H groups in total. The molecule has 3 heterocycles. The number of rotatable bonds is 7. The minimum Gasteiger partial charge on any atom is -0.379 e. The highest BCUT2D eigenvalue weighted by Gasteiger charge is 2.39. The number of anilines is 1. The van der Waals surface area contributed by atoms with Crippen LogP contribution in [0, 0.1) is 12.8 Å². The summed E-state index contributed by atoms with van der Waals surface area (Å²) in [5.74, 6) is 0.708. The van der Waals surface area contributed by atoms with Gasteiger partial charge in [-0.3, -0.25) is 19.4 Å². The zero-order valence-corrected chi connectivity index (χ0v) is 20.0. The number of piperidine rings is 1. The molecular formula is C25H39N5O3. The van der Waals surface area contributed by atoms with E-state index in [1.807, 2.05) is 19.1 Å². The van der Waals surface area contributed by atoms with Crippen LogP contribution in [0.3, 0.4) is 0 Å². The Morgan fingerprint density at radius 1 is 1.12 bits per heavy atom. The number of carbonyl (C=O) groups excluding carboxylic acids is 2. The van der Waals surface area contributed by atoms with E-state index in [1.54, 1.807) is 6.20 Å². The average molecular weight is 458 g/mol. The van der Waals surface area contributed by atoms with Crippen LogP contribution in [-0.4, -0.2) is 84.6 Å². The summed E-state index contributed by atoms with van der Waals surface area (Å²) in [7, 11) is 0. The van der Waals surface area contributed by atoms with Gasteiger partial charge in [-0.2, -0.15) is 0 Å². The Labute approximate surface area is 197 Å². The third-order valence-corrected chi connectivity index (χ3v) is 7.57. The van der Waals surface area contributed by atoms with Gasteiger partial charge in [-0.1, -0.05) is 19.3 Å². The number of amides is 2. The van der Waals surface area contributed by atoms with E-state index in [9.17, 15) is 9.59 Å². The lowest BCUT2D eigenvalue weighted by molar-refractivity contribution is -0.124. The third-order valence-electron chi connectivity index (χ3n) is 7.57. The number of aryl methyl sites for hydroxylation is 1. The monoisotopic (exact) mass is 457 g/mol. The van der Waals surface area contributed by atoms with Gasteiger partial charge in [0, 0.05) is 37.3 Å². The molecule has 2 aliphatic heterocycles. The van der Waals surface area contributed by atoms with E-state index in [1.165, 1.54) is 19.3 Å². The number of morpholine rings is 1. The van der Waals surface area contributed by atoms with E-state index in [0.717, 1.165) is 77.2 Å². The summed E-state index contributed by atoms with van der Waals surface area (Å²) in [6, 6.07) is 3.80. The molecule has 1 aromatic heterocycles. The number of nitrogens with one attached hydrogen (secondary N) is 2. The third kappa shape index (κ3) is 6.52. The Bertz CT molecular complexity index is 797. The number of hydrogen-bond acceptors (Lipinski definition) is 6. The van der Waals surface area contributed by atoms with Crippen molar-refractivity contribution in [3.63, 3.8) is 0 Å². The molecule has 2 amide bonds. The van der Waals surface area contributed by atoms with Crippen molar-refractivity contribution in [2.45, 2.75) is 57.4 Å². The Kier molecular flexibility index (Phi) is 8.33. The van der Waals surface area contributed by atoms with Gasteiger partial charge < -0.3 is 15.4 Å². The molecule has 8 heteroatoms. The molecule has 182 valence electrons. The summed E-state index contributed by atoms with van der Waals surface area (Å²) in [5, 5.41) is 6.20. The first-order valence-corrected chi connectivity index (χ1v) is 12.6. The second-order valence-electron chi connectivity index (χ2n) is 9.92. The topological polar surface area (TPSA) is 86.8 Å². The number of carbonyl (C=O) groups is 2. The summed E-state index contributed by atoms with van der Waals surface area (Å²) >= 11 is 0. The molecule has 8 nitrogen and oxygen atoms in total. The lowest BCUT2D eigenvalue weighted by atomic mass is 9.79. The maximum Gasteiger partial charge on any atom is 0.234 e. The molecule has 0 bridgehead atoms. The van der Waals surface area contributed by atoms with E-state index in [-0.39, 0.29) is 23.3 Å². The maximum absolute atomic E-state index is 12.8. The SMILES string of the molecule is Cc1ccnc(NC(=O)C2CCN(CC(=O)NCC3(N4CCOCC4)CCCCC3)CC2)c1.